The number of carbonyl (C=O) groups is 2. The number of halogens is 1. The minimum Gasteiger partial charge on any atom is -0.449 e. The van der Waals surface area contributed by atoms with Crippen molar-refractivity contribution < 1.29 is 14.3 Å². The first-order valence-electron chi connectivity index (χ1n) is 8.33. The number of hydrogen-bond acceptors (Lipinski definition) is 3. The van der Waals surface area contributed by atoms with Crippen LogP contribution in [0.2, 0.25) is 5.02 Å². The number of hydrogen-bond donors (Lipinski definition) is 1. The Morgan fingerprint density at radius 3 is 2.60 bits per heavy atom. The molecule has 0 spiro atoms. The van der Waals surface area contributed by atoms with E-state index >= 15 is 0 Å². The number of aryl methyl sites for hydroxylation is 1. The minimum absolute atomic E-state index is 0.419. The van der Waals surface area contributed by atoms with Gasteiger partial charge in [0.2, 0.25) is 0 Å². The quantitative estimate of drug-likeness (QED) is 0.809. The number of carbonyl (C=O) groups excluding carboxylic acids is 2. The highest BCUT2D eigenvalue weighted by molar-refractivity contribution is 6.33. The second-order valence-corrected chi connectivity index (χ2v) is 6.81. The van der Waals surface area contributed by atoms with Crippen LogP contribution in [0.5, 0.6) is 0 Å². The molecule has 1 atom stereocenters. The van der Waals surface area contributed by atoms with E-state index < -0.39 is 18.0 Å². The van der Waals surface area contributed by atoms with Crippen LogP contribution in [0.25, 0.3) is 0 Å². The van der Waals surface area contributed by atoms with Gasteiger partial charge in [0.05, 0.1) is 16.3 Å². The lowest BCUT2D eigenvalue weighted by atomic mass is 10.2. The zero-order chi connectivity index (χ0) is 18.1. The molecule has 1 fully saturated rings. The number of benzene rings is 1. The van der Waals surface area contributed by atoms with Crippen molar-refractivity contribution in [2.75, 3.05) is 5.32 Å². The third-order valence-corrected chi connectivity index (χ3v) is 4.73. The van der Waals surface area contributed by atoms with Crippen LogP contribution in [-0.2, 0) is 9.53 Å². The molecule has 6 heteroatoms. The lowest BCUT2D eigenvalue weighted by Gasteiger charge is -2.14. The highest BCUT2D eigenvalue weighted by Gasteiger charge is 2.29. The van der Waals surface area contributed by atoms with E-state index in [1.165, 1.54) is 0 Å². The van der Waals surface area contributed by atoms with Crippen molar-refractivity contribution in [2.45, 2.75) is 45.8 Å². The van der Waals surface area contributed by atoms with Gasteiger partial charge >= 0.3 is 5.97 Å². The normalized spacial score (nSPS) is 14.9. The SMILES string of the molecule is Cc1cc(C(=O)O[C@@H](C)C(=O)Nc2ccccc2Cl)c(C)n1C1CC1. The van der Waals surface area contributed by atoms with E-state index in [1.807, 2.05) is 19.9 Å². The van der Waals surface area contributed by atoms with Crippen molar-refractivity contribution in [1.29, 1.82) is 0 Å². The molecule has 132 valence electrons. The minimum atomic E-state index is -0.923. The summed E-state index contributed by atoms with van der Waals surface area (Å²) in [5.74, 6) is -0.903. The first-order valence-corrected chi connectivity index (χ1v) is 8.71. The number of nitrogens with zero attached hydrogens (tertiary/aromatic N) is 1. The fourth-order valence-electron chi connectivity index (χ4n) is 2.95. The predicted molar refractivity (Wildman–Crippen MR) is 97.1 cm³/mol. The fraction of sp³-hybridized carbons (Fsp3) is 0.368. The molecule has 5 nitrogen and oxygen atoms in total. The summed E-state index contributed by atoms with van der Waals surface area (Å²) >= 11 is 6.03. The summed E-state index contributed by atoms with van der Waals surface area (Å²) < 4.78 is 7.52. The topological polar surface area (TPSA) is 60.3 Å². The molecular weight excluding hydrogens is 340 g/mol. The van der Waals surface area contributed by atoms with Crippen LogP contribution in [0.4, 0.5) is 5.69 Å². The maximum absolute atomic E-state index is 12.5. The molecule has 1 N–H and O–H groups in total. The molecule has 25 heavy (non-hydrogen) atoms. The van der Waals surface area contributed by atoms with Crippen LogP contribution in [0.3, 0.4) is 0 Å². The number of para-hydroxylation sites is 1. The van der Waals surface area contributed by atoms with E-state index in [9.17, 15) is 9.59 Å². The van der Waals surface area contributed by atoms with Crippen LogP contribution < -0.4 is 5.32 Å². The summed E-state index contributed by atoms with van der Waals surface area (Å²) in [4.78, 5) is 24.7. The van der Waals surface area contributed by atoms with Gasteiger partial charge in [-0.15, -0.1) is 0 Å². The number of anilines is 1. The van der Waals surface area contributed by atoms with Crippen molar-refractivity contribution in [1.82, 2.24) is 4.57 Å². The summed E-state index contributed by atoms with van der Waals surface area (Å²) in [6.07, 6.45) is 1.36. The predicted octanol–water partition coefficient (Wildman–Crippen LogP) is 4.28. The molecule has 1 aromatic carbocycles. The molecule has 1 aromatic heterocycles. The molecular formula is C19H21ClN2O3. The largest absolute Gasteiger partial charge is 0.449 e. The molecule has 1 amide bonds. The van der Waals surface area contributed by atoms with Crippen molar-refractivity contribution >= 4 is 29.2 Å². The van der Waals surface area contributed by atoms with E-state index in [2.05, 4.69) is 9.88 Å². The number of rotatable bonds is 5. The molecule has 1 saturated carbocycles. The molecule has 0 unspecified atom stereocenters. The van der Waals surface area contributed by atoms with Crippen molar-refractivity contribution in [3.05, 3.63) is 52.3 Å². The molecule has 0 radical (unpaired) electrons. The van der Waals surface area contributed by atoms with Gasteiger partial charge in [0, 0.05) is 17.4 Å². The molecule has 0 saturated heterocycles. The van der Waals surface area contributed by atoms with E-state index in [4.69, 9.17) is 16.3 Å². The van der Waals surface area contributed by atoms with Crippen LogP contribution in [0.15, 0.2) is 30.3 Å². The highest BCUT2D eigenvalue weighted by Crippen LogP contribution is 2.38. The number of nitrogens with one attached hydrogen (secondary N) is 1. The maximum atomic E-state index is 12.5. The molecule has 1 aliphatic carbocycles. The Morgan fingerprint density at radius 1 is 1.28 bits per heavy atom. The second-order valence-electron chi connectivity index (χ2n) is 6.40. The van der Waals surface area contributed by atoms with Gasteiger partial charge in [-0.05, 0) is 51.8 Å². The third-order valence-electron chi connectivity index (χ3n) is 4.40. The molecule has 3 rings (SSSR count). The van der Waals surface area contributed by atoms with E-state index in [0.29, 0.717) is 22.3 Å². The smallest absolute Gasteiger partial charge is 0.340 e. The highest BCUT2D eigenvalue weighted by atomic mass is 35.5. The van der Waals surface area contributed by atoms with Gasteiger partial charge in [-0.25, -0.2) is 4.79 Å². The zero-order valence-corrected chi connectivity index (χ0v) is 15.3. The van der Waals surface area contributed by atoms with Gasteiger partial charge < -0.3 is 14.6 Å². The Balaban J connectivity index is 1.67. The van der Waals surface area contributed by atoms with Crippen LogP contribution in [-0.4, -0.2) is 22.5 Å². The van der Waals surface area contributed by atoms with Crippen LogP contribution in [0, 0.1) is 13.8 Å². The monoisotopic (exact) mass is 360 g/mol. The van der Waals surface area contributed by atoms with Gasteiger partial charge in [0.15, 0.2) is 6.10 Å². The van der Waals surface area contributed by atoms with Gasteiger partial charge in [-0.1, -0.05) is 23.7 Å². The van der Waals surface area contributed by atoms with Gasteiger partial charge in [0.1, 0.15) is 0 Å². The molecule has 1 aliphatic rings. The average Bonchev–Trinajstić information content (AvgIpc) is 3.34. The van der Waals surface area contributed by atoms with Crippen LogP contribution >= 0.6 is 11.6 Å². The Morgan fingerprint density at radius 2 is 1.96 bits per heavy atom. The Hall–Kier alpha value is -2.27. The standard InChI is InChI=1S/C19H21ClN2O3/c1-11-10-15(12(2)22(11)14-8-9-14)19(24)25-13(3)18(23)21-17-7-5-4-6-16(17)20/h4-7,10,13-14H,8-9H2,1-3H3,(H,21,23)/t13-/m0/s1. The third kappa shape index (κ3) is 3.71. The van der Waals surface area contributed by atoms with Crippen molar-refractivity contribution in [2.24, 2.45) is 0 Å². The number of esters is 1. The Kier molecular flexibility index (Phi) is 4.86. The Labute approximate surface area is 151 Å². The number of ether oxygens (including phenoxy) is 1. The van der Waals surface area contributed by atoms with Gasteiger partial charge in [0.25, 0.3) is 5.91 Å². The maximum Gasteiger partial charge on any atom is 0.340 e. The first-order chi connectivity index (χ1) is 11.9. The lowest BCUT2D eigenvalue weighted by Crippen LogP contribution is -2.30. The van der Waals surface area contributed by atoms with Crippen LogP contribution in [0.1, 0.15) is 47.6 Å². The Bertz CT molecular complexity index is 824. The fourth-order valence-corrected chi connectivity index (χ4v) is 3.14. The molecule has 2 aromatic rings. The number of aromatic nitrogens is 1. The summed E-state index contributed by atoms with van der Waals surface area (Å²) in [5.41, 5.74) is 2.94. The van der Waals surface area contributed by atoms with E-state index in [0.717, 1.165) is 24.2 Å². The average molecular weight is 361 g/mol. The summed E-state index contributed by atoms with van der Waals surface area (Å²) in [7, 11) is 0. The summed E-state index contributed by atoms with van der Waals surface area (Å²) in [6, 6.07) is 9.23. The number of amides is 1. The van der Waals surface area contributed by atoms with Crippen molar-refractivity contribution in [3.63, 3.8) is 0 Å². The molecule has 0 bridgehead atoms. The summed E-state index contributed by atoms with van der Waals surface area (Å²) in [5, 5.41) is 3.11. The summed E-state index contributed by atoms with van der Waals surface area (Å²) in [6.45, 7) is 5.44. The van der Waals surface area contributed by atoms with Gasteiger partial charge in [-0.2, -0.15) is 0 Å². The second kappa shape index (κ2) is 6.92. The lowest BCUT2D eigenvalue weighted by molar-refractivity contribution is -0.123. The first kappa shape index (κ1) is 17.5. The van der Waals surface area contributed by atoms with Crippen molar-refractivity contribution in [3.8, 4) is 0 Å². The zero-order valence-electron chi connectivity index (χ0n) is 14.5. The molecule has 0 aliphatic heterocycles. The van der Waals surface area contributed by atoms with E-state index in [1.54, 1.807) is 31.2 Å². The van der Waals surface area contributed by atoms with Gasteiger partial charge in [-0.3, -0.25) is 4.79 Å². The van der Waals surface area contributed by atoms with E-state index in [-0.39, 0.29) is 0 Å². The molecule has 1 heterocycles.